The number of amides is 1. The van der Waals surface area contributed by atoms with E-state index in [1.54, 1.807) is 0 Å². The molecule has 2 N–H and O–H groups in total. The Morgan fingerprint density at radius 1 is 1.10 bits per heavy atom. The summed E-state index contributed by atoms with van der Waals surface area (Å²) in [5, 5.41) is 0. The van der Waals surface area contributed by atoms with Crippen molar-refractivity contribution in [2.75, 3.05) is 13.1 Å². The number of piperidine rings is 1. The maximum absolute atomic E-state index is 12.2. The first-order chi connectivity index (χ1) is 9.08. The van der Waals surface area contributed by atoms with Gasteiger partial charge in [0.05, 0.1) is 18.1 Å². The first-order valence-electron chi connectivity index (χ1n) is 7.77. The summed E-state index contributed by atoms with van der Waals surface area (Å²) in [7, 11) is 0. The van der Waals surface area contributed by atoms with Gasteiger partial charge in [0.2, 0.25) is 5.91 Å². The van der Waals surface area contributed by atoms with Crippen LogP contribution in [0.5, 0.6) is 0 Å². The van der Waals surface area contributed by atoms with Crippen LogP contribution in [0.4, 0.5) is 0 Å². The highest BCUT2D eigenvalue weighted by molar-refractivity contribution is 5.85. The number of carbonyl (C=O) groups excluding carboxylic acids is 1. The molecule has 0 aromatic rings. The number of halogens is 1. The largest absolute Gasteiger partial charge is 0.375 e. The van der Waals surface area contributed by atoms with Crippen molar-refractivity contribution >= 4 is 18.3 Å². The molecular formula is C15H29ClN2O2. The minimum absolute atomic E-state index is 0. The van der Waals surface area contributed by atoms with E-state index in [9.17, 15) is 4.79 Å². The fourth-order valence-electron chi connectivity index (χ4n) is 3.02. The Bertz CT molecular complexity index is 298. The summed E-state index contributed by atoms with van der Waals surface area (Å²) in [5.41, 5.74) is 5.81. The minimum Gasteiger partial charge on any atom is -0.375 e. The Morgan fingerprint density at radius 3 is 2.10 bits per heavy atom. The molecule has 1 heterocycles. The topological polar surface area (TPSA) is 55.6 Å². The molecule has 4 nitrogen and oxygen atoms in total. The third-order valence-electron chi connectivity index (χ3n) is 4.62. The van der Waals surface area contributed by atoms with Gasteiger partial charge in [0, 0.05) is 19.1 Å². The lowest BCUT2D eigenvalue weighted by atomic mass is 10.00. The molecule has 2 aliphatic rings. The second-order valence-corrected chi connectivity index (χ2v) is 6.21. The van der Waals surface area contributed by atoms with Gasteiger partial charge in [-0.2, -0.15) is 0 Å². The molecule has 1 saturated heterocycles. The summed E-state index contributed by atoms with van der Waals surface area (Å²) in [4.78, 5) is 14.2. The van der Waals surface area contributed by atoms with Crippen LogP contribution in [0, 0.1) is 5.92 Å². The van der Waals surface area contributed by atoms with E-state index in [0.29, 0.717) is 12.2 Å². The van der Waals surface area contributed by atoms with Crippen LogP contribution in [0.25, 0.3) is 0 Å². The van der Waals surface area contributed by atoms with Gasteiger partial charge in [-0.3, -0.25) is 4.79 Å². The lowest BCUT2D eigenvalue weighted by Gasteiger charge is -2.35. The van der Waals surface area contributed by atoms with Crippen molar-refractivity contribution in [2.24, 2.45) is 11.7 Å². The average Bonchev–Trinajstić information content (AvgIpc) is 2.90. The molecule has 1 aliphatic heterocycles. The highest BCUT2D eigenvalue weighted by atomic mass is 35.5. The molecule has 2 unspecified atom stereocenters. The van der Waals surface area contributed by atoms with Crippen molar-refractivity contribution in [1.82, 2.24) is 4.90 Å². The van der Waals surface area contributed by atoms with Gasteiger partial charge < -0.3 is 15.4 Å². The van der Waals surface area contributed by atoms with E-state index in [0.717, 1.165) is 25.9 Å². The number of rotatable bonds is 4. The fourth-order valence-corrected chi connectivity index (χ4v) is 3.02. The highest BCUT2D eigenvalue weighted by Crippen LogP contribution is 2.25. The molecule has 2 rings (SSSR count). The van der Waals surface area contributed by atoms with E-state index in [4.69, 9.17) is 10.5 Å². The van der Waals surface area contributed by atoms with E-state index in [1.165, 1.54) is 25.7 Å². The van der Waals surface area contributed by atoms with Gasteiger partial charge in [0.15, 0.2) is 0 Å². The van der Waals surface area contributed by atoms with Gasteiger partial charge in [-0.05, 0) is 32.6 Å². The second-order valence-electron chi connectivity index (χ2n) is 6.21. The van der Waals surface area contributed by atoms with E-state index in [-0.39, 0.29) is 30.3 Å². The first-order valence-corrected chi connectivity index (χ1v) is 7.77. The van der Waals surface area contributed by atoms with E-state index in [1.807, 2.05) is 18.7 Å². The molecular weight excluding hydrogens is 276 g/mol. The maximum atomic E-state index is 12.2. The Balaban J connectivity index is 0.00000200. The predicted molar refractivity (Wildman–Crippen MR) is 83.0 cm³/mol. The first kappa shape index (κ1) is 17.7. The summed E-state index contributed by atoms with van der Waals surface area (Å²) in [5.74, 6) is 0.126. The number of carbonyl (C=O) groups is 1. The molecule has 0 aromatic carbocycles. The molecule has 0 radical (unpaired) electrons. The van der Waals surface area contributed by atoms with Crippen LogP contribution < -0.4 is 5.73 Å². The molecule has 0 aromatic heterocycles. The Morgan fingerprint density at radius 2 is 1.60 bits per heavy atom. The molecule has 2 atom stereocenters. The zero-order valence-electron chi connectivity index (χ0n) is 12.7. The van der Waals surface area contributed by atoms with E-state index in [2.05, 4.69) is 0 Å². The van der Waals surface area contributed by atoms with Crippen molar-refractivity contribution < 1.29 is 9.53 Å². The third kappa shape index (κ3) is 4.61. The Hall–Kier alpha value is -0.320. The van der Waals surface area contributed by atoms with Gasteiger partial charge in [0.1, 0.15) is 0 Å². The van der Waals surface area contributed by atoms with Gasteiger partial charge in [-0.25, -0.2) is 0 Å². The summed E-state index contributed by atoms with van der Waals surface area (Å²) < 4.78 is 6.13. The Labute approximate surface area is 128 Å². The number of nitrogens with two attached hydrogens (primary N) is 1. The molecule has 1 aliphatic carbocycles. The molecule has 0 spiro atoms. The number of hydrogen-bond acceptors (Lipinski definition) is 3. The molecule has 20 heavy (non-hydrogen) atoms. The van der Waals surface area contributed by atoms with Crippen LogP contribution in [0.3, 0.4) is 0 Å². The summed E-state index contributed by atoms with van der Waals surface area (Å²) in [6.07, 6.45) is 7.87. The number of nitrogens with zero attached hydrogens (tertiary/aromatic N) is 1. The zero-order valence-corrected chi connectivity index (χ0v) is 13.5. The van der Waals surface area contributed by atoms with Crippen LogP contribution in [-0.2, 0) is 9.53 Å². The predicted octanol–water partition coefficient (Wildman–Crippen LogP) is 2.34. The number of hydrogen-bond donors (Lipinski definition) is 1. The molecule has 1 saturated carbocycles. The van der Waals surface area contributed by atoms with Crippen molar-refractivity contribution in [3.05, 3.63) is 0 Å². The zero-order chi connectivity index (χ0) is 13.8. The minimum atomic E-state index is -0.0766. The number of likely N-dealkylation sites (tertiary alicyclic amines) is 1. The van der Waals surface area contributed by atoms with Crippen LogP contribution in [0.2, 0.25) is 0 Å². The molecule has 118 valence electrons. The van der Waals surface area contributed by atoms with Gasteiger partial charge >= 0.3 is 0 Å². The summed E-state index contributed by atoms with van der Waals surface area (Å²) in [6, 6.07) is -0.0695. The SMILES string of the molecule is CC(N)C(C)C(=O)N1CCC(OC2CCCC2)CC1.Cl. The summed E-state index contributed by atoms with van der Waals surface area (Å²) in [6.45, 7) is 5.48. The average molecular weight is 305 g/mol. The van der Waals surface area contributed by atoms with E-state index >= 15 is 0 Å². The van der Waals surface area contributed by atoms with Crippen LogP contribution >= 0.6 is 12.4 Å². The Kier molecular flexibility index (Phi) is 7.27. The molecule has 0 bridgehead atoms. The quantitative estimate of drug-likeness (QED) is 0.867. The highest BCUT2D eigenvalue weighted by Gasteiger charge is 2.29. The standard InChI is InChI=1S/C15H28N2O2.ClH/c1-11(12(2)16)15(18)17-9-7-14(8-10-17)19-13-5-3-4-6-13;/h11-14H,3-10,16H2,1-2H3;1H. The normalized spacial score (nSPS) is 24.2. The van der Waals surface area contributed by atoms with Crippen LogP contribution in [0.1, 0.15) is 52.4 Å². The van der Waals surface area contributed by atoms with Crippen molar-refractivity contribution in [2.45, 2.75) is 70.6 Å². The van der Waals surface area contributed by atoms with Crippen molar-refractivity contribution in [3.8, 4) is 0 Å². The lowest BCUT2D eigenvalue weighted by Crippen LogP contribution is -2.46. The number of ether oxygens (including phenoxy) is 1. The van der Waals surface area contributed by atoms with Gasteiger partial charge in [0.25, 0.3) is 0 Å². The molecule has 1 amide bonds. The second kappa shape index (κ2) is 8.20. The summed E-state index contributed by atoms with van der Waals surface area (Å²) >= 11 is 0. The monoisotopic (exact) mass is 304 g/mol. The molecule has 5 heteroatoms. The lowest BCUT2D eigenvalue weighted by molar-refractivity contribution is -0.138. The van der Waals surface area contributed by atoms with Crippen LogP contribution in [0.15, 0.2) is 0 Å². The van der Waals surface area contributed by atoms with Gasteiger partial charge in [-0.15, -0.1) is 12.4 Å². The maximum Gasteiger partial charge on any atom is 0.226 e. The van der Waals surface area contributed by atoms with E-state index < -0.39 is 0 Å². The van der Waals surface area contributed by atoms with Crippen molar-refractivity contribution in [1.29, 1.82) is 0 Å². The fraction of sp³-hybridized carbons (Fsp3) is 0.933. The van der Waals surface area contributed by atoms with Crippen LogP contribution in [-0.4, -0.2) is 42.1 Å². The van der Waals surface area contributed by atoms with Gasteiger partial charge in [-0.1, -0.05) is 19.8 Å². The third-order valence-corrected chi connectivity index (χ3v) is 4.62. The molecule has 2 fully saturated rings. The smallest absolute Gasteiger partial charge is 0.226 e. The van der Waals surface area contributed by atoms with Crippen molar-refractivity contribution in [3.63, 3.8) is 0 Å².